The van der Waals surface area contributed by atoms with Crippen LogP contribution in [0, 0.1) is 20.8 Å². The average Bonchev–Trinajstić information content (AvgIpc) is 3.02. The van der Waals surface area contributed by atoms with E-state index in [0.29, 0.717) is 30.2 Å². The zero-order chi connectivity index (χ0) is 22.3. The highest BCUT2D eigenvalue weighted by atomic mass is 32.2. The first-order valence-electron chi connectivity index (χ1n) is 10.5. The molecule has 31 heavy (non-hydrogen) atoms. The lowest BCUT2D eigenvalue weighted by molar-refractivity contribution is 0.306. The van der Waals surface area contributed by atoms with Crippen molar-refractivity contribution in [3.8, 4) is 5.69 Å². The lowest BCUT2D eigenvalue weighted by atomic mass is 9.98. The predicted molar refractivity (Wildman–Crippen MR) is 120 cm³/mol. The van der Waals surface area contributed by atoms with Crippen LogP contribution in [0.3, 0.4) is 0 Å². The van der Waals surface area contributed by atoms with Gasteiger partial charge in [-0.3, -0.25) is 0 Å². The Morgan fingerprint density at radius 3 is 2.32 bits per heavy atom. The molecule has 1 unspecified atom stereocenters. The van der Waals surface area contributed by atoms with Crippen LogP contribution in [0.2, 0.25) is 0 Å². The molecule has 0 amide bonds. The van der Waals surface area contributed by atoms with Gasteiger partial charge in [0.15, 0.2) is 0 Å². The van der Waals surface area contributed by atoms with Gasteiger partial charge in [0, 0.05) is 26.1 Å². The standard InChI is InChI=1S/C23H28N4O3S/c1-16-13-17(2)21(18(3)14-16)31(29,30)26-12-8-9-19(15-26)22-24-25(4)23(28)27(22)20-10-6-5-7-11-20/h5-7,10-11,13-14,19H,8-9,12,15H2,1-4H3. The summed E-state index contributed by atoms with van der Waals surface area (Å²) < 4.78 is 31.6. The van der Waals surface area contributed by atoms with Gasteiger partial charge in [0.1, 0.15) is 5.82 Å². The summed E-state index contributed by atoms with van der Waals surface area (Å²) in [5.74, 6) is 0.444. The molecule has 1 aliphatic rings. The molecule has 8 heteroatoms. The van der Waals surface area contributed by atoms with E-state index in [4.69, 9.17) is 0 Å². The summed E-state index contributed by atoms with van der Waals surface area (Å²) in [4.78, 5) is 13.2. The molecule has 0 spiro atoms. The minimum atomic E-state index is -3.65. The van der Waals surface area contributed by atoms with Crippen LogP contribution in [0.1, 0.15) is 41.3 Å². The zero-order valence-corrected chi connectivity index (χ0v) is 19.2. The van der Waals surface area contributed by atoms with E-state index < -0.39 is 10.0 Å². The normalized spacial score (nSPS) is 17.7. The van der Waals surface area contributed by atoms with Gasteiger partial charge in [0.25, 0.3) is 0 Å². The van der Waals surface area contributed by atoms with Crippen LogP contribution in [-0.4, -0.2) is 40.2 Å². The molecule has 0 aliphatic carbocycles. The van der Waals surface area contributed by atoms with Gasteiger partial charge in [-0.1, -0.05) is 35.9 Å². The van der Waals surface area contributed by atoms with Crippen molar-refractivity contribution in [2.75, 3.05) is 13.1 Å². The van der Waals surface area contributed by atoms with Crippen molar-refractivity contribution in [2.45, 2.75) is 44.4 Å². The number of hydrogen-bond acceptors (Lipinski definition) is 4. The van der Waals surface area contributed by atoms with E-state index in [1.54, 1.807) is 15.9 Å². The number of benzene rings is 2. The third-order valence-electron chi connectivity index (χ3n) is 5.92. The number of hydrogen-bond donors (Lipinski definition) is 0. The largest absolute Gasteiger partial charge is 0.350 e. The number of sulfonamides is 1. The van der Waals surface area contributed by atoms with Crippen LogP contribution >= 0.6 is 0 Å². The molecule has 4 rings (SSSR count). The molecule has 1 atom stereocenters. The first-order valence-corrected chi connectivity index (χ1v) is 11.9. The summed E-state index contributed by atoms with van der Waals surface area (Å²) in [6, 6.07) is 13.2. The van der Waals surface area contributed by atoms with E-state index in [2.05, 4.69) is 5.10 Å². The molecule has 1 fully saturated rings. The van der Waals surface area contributed by atoms with Crippen LogP contribution in [-0.2, 0) is 17.1 Å². The SMILES string of the molecule is Cc1cc(C)c(S(=O)(=O)N2CCCC(c3nn(C)c(=O)n3-c3ccccc3)C2)c(C)c1. The fourth-order valence-corrected chi connectivity index (χ4v) is 6.58. The fourth-order valence-electron chi connectivity index (χ4n) is 4.64. The number of nitrogens with zero attached hydrogens (tertiary/aromatic N) is 4. The van der Waals surface area contributed by atoms with Gasteiger partial charge in [-0.15, -0.1) is 0 Å². The number of para-hydroxylation sites is 1. The van der Waals surface area contributed by atoms with Gasteiger partial charge in [0.05, 0.1) is 10.6 Å². The van der Waals surface area contributed by atoms with E-state index >= 15 is 0 Å². The van der Waals surface area contributed by atoms with Crippen LogP contribution < -0.4 is 5.69 Å². The molecular weight excluding hydrogens is 412 g/mol. The smallest absolute Gasteiger partial charge is 0.247 e. The minimum Gasteiger partial charge on any atom is -0.247 e. The maximum atomic E-state index is 13.6. The highest BCUT2D eigenvalue weighted by Gasteiger charge is 2.35. The third kappa shape index (κ3) is 3.85. The molecular formula is C23H28N4O3S. The second-order valence-electron chi connectivity index (χ2n) is 8.37. The van der Waals surface area contributed by atoms with Crippen LogP contribution in [0.15, 0.2) is 52.2 Å². The van der Waals surface area contributed by atoms with Crippen LogP contribution in [0.25, 0.3) is 5.69 Å². The minimum absolute atomic E-state index is 0.163. The maximum Gasteiger partial charge on any atom is 0.350 e. The molecule has 2 aromatic carbocycles. The Labute approximate surface area is 183 Å². The summed E-state index contributed by atoms with van der Waals surface area (Å²) in [7, 11) is -2.02. The predicted octanol–water partition coefficient (Wildman–Crippen LogP) is 3.06. The molecule has 164 valence electrons. The first kappa shape index (κ1) is 21.5. The number of piperidine rings is 1. The third-order valence-corrected chi connectivity index (χ3v) is 8.09. The van der Waals surface area contributed by atoms with Crippen molar-refractivity contribution >= 4 is 10.0 Å². The van der Waals surface area contributed by atoms with E-state index in [-0.39, 0.29) is 11.6 Å². The van der Waals surface area contributed by atoms with Gasteiger partial charge in [0.2, 0.25) is 10.0 Å². The van der Waals surface area contributed by atoms with Crippen LogP contribution in [0.4, 0.5) is 0 Å². The monoisotopic (exact) mass is 440 g/mol. The van der Waals surface area contributed by atoms with Crippen molar-refractivity contribution in [2.24, 2.45) is 7.05 Å². The Morgan fingerprint density at radius 2 is 1.68 bits per heavy atom. The lowest BCUT2D eigenvalue weighted by Crippen LogP contribution is -2.40. The molecule has 0 bridgehead atoms. The van der Waals surface area contributed by atoms with Gasteiger partial charge < -0.3 is 0 Å². The van der Waals surface area contributed by atoms with Crippen molar-refractivity contribution in [3.63, 3.8) is 0 Å². The number of rotatable bonds is 4. The quantitative estimate of drug-likeness (QED) is 0.625. The summed E-state index contributed by atoms with van der Waals surface area (Å²) in [6.45, 7) is 6.43. The van der Waals surface area contributed by atoms with E-state index in [1.165, 1.54) is 4.68 Å². The molecule has 3 aromatic rings. The molecule has 0 saturated carbocycles. The second kappa shape index (κ2) is 8.09. The first-order chi connectivity index (χ1) is 14.7. The summed E-state index contributed by atoms with van der Waals surface area (Å²) in [6.07, 6.45) is 1.49. The molecule has 1 aliphatic heterocycles. The average molecular weight is 441 g/mol. The lowest BCUT2D eigenvalue weighted by Gasteiger charge is -2.32. The topological polar surface area (TPSA) is 77.2 Å². The number of aromatic nitrogens is 3. The van der Waals surface area contributed by atoms with Gasteiger partial charge in [-0.25, -0.2) is 22.5 Å². The maximum absolute atomic E-state index is 13.6. The Bertz CT molecular complexity index is 1250. The summed E-state index contributed by atoms with van der Waals surface area (Å²) in [5, 5.41) is 4.49. The van der Waals surface area contributed by atoms with Crippen LogP contribution in [0.5, 0.6) is 0 Å². The number of aryl methyl sites for hydroxylation is 4. The molecule has 1 aromatic heterocycles. The van der Waals surface area contributed by atoms with Crippen molar-refractivity contribution in [1.29, 1.82) is 0 Å². The van der Waals surface area contributed by atoms with E-state index in [1.807, 2.05) is 63.2 Å². The van der Waals surface area contributed by atoms with E-state index in [9.17, 15) is 13.2 Å². The van der Waals surface area contributed by atoms with Gasteiger partial charge in [-0.05, 0) is 56.9 Å². The van der Waals surface area contributed by atoms with Crippen molar-refractivity contribution in [1.82, 2.24) is 18.7 Å². The Morgan fingerprint density at radius 1 is 1.03 bits per heavy atom. The Kier molecular flexibility index (Phi) is 5.61. The van der Waals surface area contributed by atoms with Gasteiger partial charge in [-0.2, -0.15) is 9.40 Å². The zero-order valence-electron chi connectivity index (χ0n) is 18.4. The summed E-state index contributed by atoms with van der Waals surface area (Å²) >= 11 is 0. The molecule has 0 N–H and O–H groups in total. The molecule has 7 nitrogen and oxygen atoms in total. The Hall–Kier alpha value is -2.71. The van der Waals surface area contributed by atoms with Crippen molar-refractivity contribution in [3.05, 3.63) is 75.5 Å². The van der Waals surface area contributed by atoms with Crippen molar-refractivity contribution < 1.29 is 8.42 Å². The molecule has 1 saturated heterocycles. The Balaban J connectivity index is 1.73. The molecule has 0 radical (unpaired) electrons. The second-order valence-corrected chi connectivity index (χ2v) is 10.2. The van der Waals surface area contributed by atoms with E-state index in [0.717, 1.165) is 28.8 Å². The molecule has 2 heterocycles. The fraction of sp³-hybridized carbons (Fsp3) is 0.391. The van der Waals surface area contributed by atoms with Gasteiger partial charge >= 0.3 is 5.69 Å². The highest BCUT2D eigenvalue weighted by Crippen LogP contribution is 2.32. The highest BCUT2D eigenvalue weighted by molar-refractivity contribution is 7.89. The summed E-state index contributed by atoms with van der Waals surface area (Å²) in [5.41, 5.74) is 3.08.